The van der Waals surface area contributed by atoms with Gasteiger partial charge in [-0.2, -0.15) is 0 Å². The number of amides is 1. The van der Waals surface area contributed by atoms with Crippen LogP contribution in [0.15, 0.2) is 90.7 Å². The summed E-state index contributed by atoms with van der Waals surface area (Å²) in [6.45, 7) is 0.514. The predicted molar refractivity (Wildman–Crippen MR) is 114 cm³/mol. The third-order valence-corrected chi connectivity index (χ3v) is 5.30. The number of ether oxygens (including phenoxy) is 1. The maximum absolute atomic E-state index is 13.0. The Morgan fingerprint density at radius 3 is 2.14 bits per heavy atom. The fourth-order valence-electron chi connectivity index (χ4n) is 3.82. The first-order valence-electron chi connectivity index (χ1n) is 9.66. The van der Waals surface area contributed by atoms with E-state index >= 15 is 0 Å². The van der Waals surface area contributed by atoms with E-state index < -0.39 is 0 Å². The molecule has 1 aliphatic heterocycles. The number of benzene rings is 3. The van der Waals surface area contributed by atoms with E-state index in [-0.39, 0.29) is 17.7 Å². The lowest BCUT2D eigenvalue weighted by molar-refractivity contribution is -0.129. The SMILES string of the molecule is COc1ccc([C@@H]2C(c3ccccc3)=C(O)C(=O)N2CCc2ccccc2)cc1. The van der Waals surface area contributed by atoms with E-state index in [2.05, 4.69) is 0 Å². The molecule has 0 spiro atoms. The van der Waals surface area contributed by atoms with Crippen LogP contribution in [0.1, 0.15) is 22.7 Å². The van der Waals surface area contributed by atoms with Crippen molar-refractivity contribution in [2.45, 2.75) is 12.5 Å². The third kappa shape index (κ3) is 3.74. The van der Waals surface area contributed by atoms with Crippen LogP contribution in [0.25, 0.3) is 5.57 Å². The first-order valence-corrected chi connectivity index (χ1v) is 9.66. The van der Waals surface area contributed by atoms with Crippen molar-refractivity contribution in [2.75, 3.05) is 13.7 Å². The van der Waals surface area contributed by atoms with Crippen LogP contribution in [0.3, 0.4) is 0 Å². The number of carbonyl (C=O) groups excluding carboxylic acids is 1. The molecule has 0 fully saturated rings. The molecule has 1 N–H and O–H groups in total. The highest BCUT2D eigenvalue weighted by atomic mass is 16.5. The molecular formula is C25H23NO3. The van der Waals surface area contributed by atoms with Crippen LogP contribution in [0.2, 0.25) is 0 Å². The van der Waals surface area contributed by atoms with E-state index in [4.69, 9.17) is 4.74 Å². The first kappa shape index (κ1) is 18.8. The lowest BCUT2D eigenvalue weighted by atomic mass is 9.93. The molecule has 1 atom stereocenters. The lowest BCUT2D eigenvalue weighted by Crippen LogP contribution is -2.32. The predicted octanol–water partition coefficient (Wildman–Crippen LogP) is 4.79. The van der Waals surface area contributed by atoms with E-state index in [1.807, 2.05) is 84.9 Å². The Hall–Kier alpha value is -3.53. The summed E-state index contributed by atoms with van der Waals surface area (Å²) in [6.07, 6.45) is 0.717. The molecule has 0 saturated heterocycles. The molecule has 1 aliphatic rings. The smallest absolute Gasteiger partial charge is 0.289 e. The molecule has 0 unspecified atom stereocenters. The van der Waals surface area contributed by atoms with Gasteiger partial charge in [-0.3, -0.25) is 4.79 Å². The van der Waals surface area contributed by atoms with Gasteiger partial charge in [-0.25, -0.2) is 0 Å². The Morgan fingerprint density at radius 1 is 0.897 bits per heavy atom. The van der Waals surface area contributed by atoms with Gasteiger partial charge in [0.25, 0.3) is 5.91 Å². The number of aliphatic hydroxyl groups excluding tert-OH is 1. The number of hydrogen-bond donors (Lipinski definition) is 1. The Bertz CT molecular complexity index is 1010. The minimum Gasteiger partial charge on any atom is -0.503 e. The molecule has 146 valence electrons. The Balaban J connectivity index is 1.72. The standard InChI is InChI=1S/C25H23NO3/c1-29-21-14-12-20(13-15-21)23-22(19-10-6-3-7-11-19)24(27)25(28)26(23)17-16-18-8-4-2-5-9-18/h2-15,23,27H,16-17H2,1H3/t23-/m1/s1. The Morgan fingerprint density at radius 2 is 1.52 bits per heavy atom. The van der Waals surface area contributed by atoms with Crippen LogP contribution in [-0.4, -0.2) is 29.6 Å². The summed E-state index contributed by atoms with van der Waals surface area (Å²) >= 11 is 0. The minimum atomic E-state index is -0.348. The summed E-state index contributed by atoms with van der Waals surface area (Å²) in [6, 6.07) is 27.0. The average Bonchev–Trinajstić information content (AvgIpc) is 3.04. The van der Waals surface area contributed by atoms with E-state index in [0.717, 1.165) is 22.4 Å². The number of hydrogen-bond acceptors (Lipinski definition) is 3. The Labute approximate surface area is 170 Å². The van der Waals surface area contributed by atoms with Crippen LogP contribution in [0.5, 0.6) is 5.75 Å². The van der Waals surface area contributed by atoms with Crippen molar-refractivity contribution in [3.05, 3.63) is 107 Å². The molecule has 0 aliphatic carbocycles. The molecule has 29 heavy (non-hydrogen) atoms. The van der Waals surface area contributed by atoms with Gasteiger partial charge in [-0.05, 0) is 35.2 Å². The summed E-state index contributed by atoms with van der Waals surface area (Å²) in [4.78, 5) is 14.8. The van der Waals surface area contributed by atoms with Crippen LogP contribution in [0, 0.1) is 0 Å². The van der Waals surface area contributed by atoms with Crippen molar-refractivity contribution in [3.63, 3.8) is 0 Å². The highest BCUT2D eigenvalue weighted by Gasteiger charge is 2.40. The molecule has 4 rings (SSSR count). The summed E-state index contributed by atoms with van der Waals surface area (Å²) in [5, 5.41) is 10.8. The van der Waals surface area contributed by atoms with E-state index in [1.165, 1.54) is 0 Å². The Kier molecular flexibility index (Phi) is 5.34. The molecule has 1 heterocycles. The molecule has 0 saturated carbocycles. The molecule has 1 amide bonds. The zero-order valence-electron chi connectivity index (χ0n) is 16.3. The monoisotopic (exact) mass is 385 g/mol. The third-order valence-electron chi connectivity index (χ3n) is 5.30. The van der Waals surface area contributed by atoms with E-state index in [1.54, 1.807) is 12.0 Å². The maximum Gasteiger partial charge on any atom is 0.289 e. The molecule has 3 aromatic carbocycles. The first-order chi connectivity index (χ1) is 14.2. The highest BCUT2D eigenvalue weighted by Crippen LogP contribution is 2.43. The summed E-state index contributed by atoms with van der Waals surface area (Å²) in [5.74, 6) is 0.244. The van der Waals surface area contributed by atoms with Gasteiger partial charge in [0.15, 0.2) is 5.76 Å². The molecule has 4 nitrogen and oxygen atoms in total. The van der Waals surface area contributed by atoms with Gasteiger partial charge in [-0.15, -0.1) is 0 Å². The number of aliphatic hydroxyl groups is 1. The summed E-state index contributed by atoms with van der Waals surface area (Å²) in [7, 11) is 1.63. The lowest BCUT2D eigenvalue weighted by Gasteiger charge is -2.27. The number of methoxy groups -OCH3 is 1. The van der Waals surface area contributed by atoms with Crippen LogP contribution in [0.4, 0.5) is 0 Å². The van der Waals surface area contributed by atoms with Crippen molar-refractivity contribution in [1.29, 1.82) is 0 Å². The minimum absolute atomic E-state index is 0.176. The topological polar surface area (TPSA) is 49.8 Å². The van der Waals surface area contributed by atoms with Crippen molar-refractivity contribution < 1.29 is 14.6 Å². The maximum atomic E-state index is 13.0. The van der Waals surface area contributed by atoms with Crippen LogP contribution in [-0.2, 0) is 11.2 Å². The number of nitrogens with zero attached hydrogens (tertiary/aromatic N) is 1. The second-order valence-corrected chi connectivity index (χ2v) is 7.04. The quantitative estimate of drug-likeness (QED) is 0.664. The summed E-state index contributed by atoms with van der Waals surface area (Å²) in [5.41, 5.74) is 3.59. The normalized spacial score (nSPS) is 16.4. The van der Waals surface area contributed by atoms with Gasteiger partial charge >= 0.3 is 0 Å². The zero-order chi connectivity index (χ0) is 20.2. The van der Waals surface area contributed by atoms with Crippen molar-refractivity contribution >= 4 is 11.5 Å². The molecule has 0 bridgehead atoms. The fraction of sp³-hybridized carbons (Fsp3) is 0.160. The van der Waals surface area contributed by atoms with Gasteiger partial charge in [0, 0.05) is 12.1 Å². The average molecular weight is 385 g/mol. The van der Waals surface area contributed by atoms with Gasteiger partial charge in [0.05, 0.1) is 13.2 Å². The molecule has 0 radical (unpaired) electrons. The van der Waals surface area contributed by atoms with Crippen molar-refractivity contribution in [2.24, 2.45) is 0 Å². The van der Waals surface area contributed by atoms with Gasteiger partial charge in [0.2, 0.25) is 0 Å². The van der Waals surface area contributed by atoms with Crippen molar-refractivity contribution in [1.82, 2.24) is 4.90 Å². The van der Waals surface area contributed by atoms with Gasteiger partial charge < -0.3 is 14.7 Å². The van der Waals surface area contributed by atoms with Gasteiger partial charge in [-0.1, -0.05) is 72.8 Å². The summed E-state index contributed by atoms with van der Waals surface area (Å²) < 4.78 is 5.28. The number of rotatable bonds is 6. The molecular weight excluding hydrogens is 362 g/mol. The fourth-order valence-corrected chi connectivity index (χ4v) is 3.82. The van der Waals surface area contributed by atoms with E-state index in [9.17, 15) is 9.90 Å². The molecule has 3 aromatic rings. The van der Waals surface area contributed by atoms with Crippen LogP contribution < -0.4 is 4.74 Å². The van der Waals surface area contributed by atoms with Crippen molar-refractivity contribution in [3.8, 4) is 5.75 Å². The molecule has 4 heteroatoms. The molecule has 0 aromatic heterocycles. The van der Waals surface area contributed by atoms with Gasteiger partial charge in [0.1, 0.15) is 5.75 Å². The van der Waals surface area contributed by atoms with Crippen LogP contribution >= 0.6 is 0 Å². The second kappa shape index (κ2) is 8.23. The zero-order valence-corrected chi connectivity index (χ0v) is 16.3. The van der Waals surface area contributed by atoms with E-state index in [0.29, 0.717) is 18.5 Å². The second-order valence-electron chi connectivity index (χ2n) is 7.04. The highest BCUT2D eigenvalue weighted by molar-refractivity contribution is 6.05. The largest absolute Gasteiger partial charge is 0.503 e. The number of carbonyl (C=O) groups is 1.